The average Bonchev–Trinajstić information content (AvgIpc) is 2.17. The number of aliphatic carboxylic acids is 1. The number of rotatable bonds is 3. The lowest BCUT2D eigenvalue weighted by Crippen LogP contribution is -2.28. The van der Waals surface area contributed by atoms with Crippen LogP contribution in [0.3, 0.4) is 0 Å². The fourth-order valence-electron chi connectivity index (χ4n) is 2.31. The van der Waals surface area contributed by atoms with Gasteiger partial charge in [-0.3, -0.25) is 0 Å². The first-order chi connectivity index (χ1) is 7.30. The van der Waals surface area contributed by atoms with Crippen molar-refractivity contribution in [1.29, 1.82) is 0 Å². The Morgan fingerprint density at radius 3 is 2.12 bits per heavy atom. The first-order valence-electron chi connectivity index (χ1n) is 5.87. The molecule has 0 radical (unpaired) electrons. The van der Waals surface area contributed by atoms with E-state index in [1.165, 1.54) is 11.8 Å². The predicted molar refractivity (Wildman–Crippen MR) is 66.4 cm³/mol. The molecule has 1 rings (SSSR count). The first kappa shape index (κ1) is 13.8. The maximum absolute atomic E-state index is 10.5. The molecular formula is C12H22O3S. The monoisotopic (exact) mass is 246 g/mol. The second-order valence-electron chi connectivity index (χ2n) is 5.67. The number of aliphatic hydroxyl groups excluding tert-OH is 1. The fraction of sp³-hybridized carbons (Fsp3) is 0.917. The summed E-state index contributed by atoms with van der Waals surface area (Å²) in [6.07, 6.45) is 4.34. The third-order valence-electron chi connectivity index (χ3n) is 3.43. The Bertz CT molecular complexity index is 239. The van der Waals surface area contributed by atoms with E-state index >= 15 is 0 Å². The first-order valence-corrected chi connectivity index (χ1v) is 6.81. The summed E-state index contributed by atoms with van der Waals surface area (Å²) in [7, 11) is 0. The summed E-state index contributed by atoms with van der Waals surface area (Å²) in [5, 5.41) is 18.2. The van der Waals surface area contributed by atoms with E-state index in [1.54, 1.807) is 0 Å². The van der Waals surface area contributed by atoms with Crippen molar-refractivity contribution in [2.24, 2.45) is 11.3 Å². The second kappa shape index (κ2) is 5.41. The predicted octanol–water partition coefficient (Wildman–Crippen LogP) is 2.73. The van der Waals surface area contributed by atoms with Crippen molar-refractivity contribution in [3.05, 3.63) is 0 Å². The van der Waals surface area contributed by atoms with Gasteiger partial charge in [0.05, 0.1) is 0 Å². The van der Waals surface area contributed by atoms with Crippen LogP contribution in [0.4, 0.5) is 0 Å². The van der Waals surface area contributed by atoms with Crippen molar-refractivity contribution < 1.29 is 15.0 Å². The summed E-state index contributed by atoms with van der Waals surface area (Å²) < 4.78 is 0. The molecule has 0 heterocycles. The highest BCUT2D eigenvalue weighted by Gasteiger charge is 2.31. The highest BCUT2D eigenvalue weighted by Crippen LogP contribution is 2.41. The largest absolute Gasteiger partial charge is 0.479 e. The van der Waals surface area contributed by atoms with Crippen LogP contribution in [0.2, 0.25) is 0 Å². The molecular weight excluding hydrogens is 224 g/mol. The lowest BCUT2D eigenvalue weighted by atomic mass is 9.72. The van der Waals surface area contributed by atoms with E-state index in [9.17, 15) is 9.90 Å². The van der Waals surface area contributed by atoms with E-state index in [1.807, 2.05) is 0 Å². The van der Waals surface area contributed by atoms with Crippen molar-refractivity contribution in [2.45, 2.75) is 57.1 Å². The van der Waals surface area contributed by atoms with Crippen LogP contribution in [0.25, 0.3) is 0 Å². The number of carbonyl (C=O) groups is 1. The van der Waals surface area contributed by atoms with Gasteiger partial charge in [0.25, 0.3) is 0 Å². The number of thioether (sulfide) groups is 1. The molecule has 0 bridgehead atoms. The Hall–Kier alpha value is -0.220. The van der Waals surface area contributed by atoms with Crippen LogP contribution in [-0.2, 0) is 4.79 Å². The molecule has 4 heteroatoms. The second-order valence-corrected chi connectivity index (χ2v) is 7.05. The number of aliphatic hydroxyl groups is 1. The summed E-state index contributed by atoms with van der Waals surface area (Å²) in [6, 6.07) is 0. The van der Waals surface area contributed by atoms with Crippen LogP contribution >= 0.6 is 11.8 Å². The molecule has 0 saturated heterocycles. The summed E-state index contributed by atoms with van der Waals surface area (Å²) >= 11 is 1.20. The van der Waals surface area contributed by atoms with Crippen LogP contribution in [0.1, 0.15) is 46.5 Å². The molecule has 3 nitrogen and oxygen atoms in total. The molecule has 0 spiro atoms. The fourth-order valence-corrected chi connectivity index (χ4v) is 3.33. The molecule has 2 N–H and O–H groups in total. The van der Waals surface area contributed by atoms with E-state index in [0.717, 1.165) is 31.6 Å². The highest BCUT2D eigenvalue weighted by atomic mass is 32.2. The van der Waals surface area contributed by atoms with Crippen LogP contribution in [0, 0.1) is 11.3 Å². The minimum absolute atomic E-state index is 0.310. The molecule has 16 heavy (non-hydrogen) atoms. The smallest absolute Gasteiger partial charge is 0.343 e. The number of hydrogen-bond donors (Lipinski definition) is 2. The van der Waals surface area contributed by atoms with Crippen molar-refractivity contribution in [3.63, 3.8) is 0 Å². The van der Waals surface area contributed by atoms with Gasteiger partial charge in [0, 0.05) is 5.25 Å². The normalized spacial score (nSPS) is 28.8. The zero-order chi connectivity index (χ0) is 12.3. The third-order valence-corrected chi connectivity index (χ3v) is 4.75. The van der Waals surface area contributed by atoms with E-state index < -0.39 is 11.4 Å². The molecule has 0 aromatic heterocycles. The van der Waals surface area contributed by atoms with Gasteiger partial charge in [0.1, 0.15) is 0 Å². The van der Waals surface area contributed by atoms with Gasteiger partial charge in [-0.1, -0.05) is 20.8 Å². The Labute approximate surface area is 102 Å². The molecule has 1 unspecified atom stereocenters. The van der Waals surface area contributed by atoms with Crippen LogP contribution < -0.4 is 0 Å². The minimum atomic E-state index is -1.25. The number of carboxylic acid groups (broad SMARTS) is 1. The zero-order valence-corrected chi connectivity index (χ0v) is 11.1. The summed E-state index contributed by atoms with van der Waals surface area (Å²) in [6.45, 7) is 6.78. The topological polar surface area (TPSA) is 57.5 Å². The molecule has 0 aromatic carbocycles. The maximum Gasteiger partial charge on any atom is 0.343 e. The molecule has 1 aliphatic rings. The van der Waals surface area contributed by atoms with Gasteiger partial charge < -0.3 is 10.2 Å². The average molecular weight is 246 g/mol. The van der Waals surface area contributed by atoms with Crippen LogP contribution in [0.15, 0.2) is 0 Å². The molecule has 1 aliphatic carbocycles. The minimum Gasteiger partial charge on any atom is -0.479 e. The van der Waals surface area contributed by atoms with Gasteiger partial charge in [0.2, 0.25) is 0 Å². The van der Waals surface area contributed by atoms with Crippen molar-refractivity contribution >= 4 is 17.7 Å². The Kier molecular flexibility index (Phi) is 4.68. The van der Waals surface area contributed by atoms with Crippen LogP contribution in [-0.4, -0.2) is 26.9 Å². The summed E-state index contributed by atoms with van der Waals surface area (Å²) in [5.74, 6) is -0.394. The lowest BCUT2D eigenvalue weighted by Gasteiger charge is -2.36. The standard InChI is InChI=1S/C12H22O3S/c1-12(2,3)8-4-6-9(7-5-8)16-11(15)10(13)14/h8-9,11,15H,4-7H2,1-3H3,(H,13,14). The van der Waals surface area contributed by atoms with E-state index in [0.29, 0.717) is 10.7 Å². The molecule has 0 aromatic rings. The van der Waals surface area contributed by atoms with Gasteiger partial charge in [-0.05, 0) is 37.0 Å². The Balaban J connectivity index is 2.35. The van der Waals surface area contributed by atoms with E-state index in [-0.39, 0.29) is 0 Å². The lowest BCUT2D eigenvalue weighted by molar-refractivity contribution is -0.141. The SMILES string of the molecule is CC(C)(C)C1CCC(SC(O)C(=O)O)CC1. The Morgan fingerprint density at radius 1 is 1.25 bits per heavy atom. The molecule has 1 fully saturated rings. The van der Waals surface area contributed by atoms with Crippen LogP contribution in [0.5, 0.6) is 0 Å². The van der Waals surface area contributed by atoms with E-state index in [4.69, 9.17) is 5.11 Å². The van der Waals surface area contributed by atoms with Gasteiger partial charge in [-0.2, -0.15) is 0 Å². The number of hydrogen-bond acceptors (Lipinski definition) is 3. The summed E-state index contributed by atoms with van der Waals surface area (Å²) in [4.78, 5) is 10.5. The van der Waals surface area contributed by atoms with E-state index in [2.05, 4.69) is 20.8 Å². The quantitative estimate of drug-likeness (QED) is 0.752. The van der Waals surface area contributed by atoms with Crippen molar-refractivity contribution in [2.75, 3.05) is 0 Å². The van der Waals surface area contributed by atoms with Crippen molar-refractivity contribution in [1.82, 2.24) is 0 Å². The van der Waals surface area contributed by atoms with Crippen molar-refractivity contribution in [3.8, 4) is 0 Å². The van der Waals surface area contributed by atoms with Gasteiger partial charge in [-0.25, -0.2) is 4.79 Å². The maximum atomic E-state index is 10.5. The number of carboxylic acids is 1. The molecule has 1 atom stereocenters. The Morgan fingerprint density at radius 2 is 1.75 bits per heavy atom. The zero-order valence-electron chi connectivity index (χ0n) is 10.3. The molecule has 94 valence electrons. The van der Waals surface area contributed by atoms with Gasteiger partial charge >= 0.3 is 5.97 Å². The highest BCUT2D eigenvalue weighted by molar-refractivity contribution is 8.01. The third kappa shape index (κ3) is 3.98. The molecule has 0 amide bonds. The van der Waals surface area contributed by atoms with Gasteiger partial charge in [-0.15, -0.1) is 11.8 Å². The summed E-state index contributed by atoms with van der Waals surface area (Å²) in [5.41, 5.74) is -0.905. The molecule has 0 aliphatic heterocycles. The van der Waals surface area contributed by atoms with Gasteiger partial charge in [0.15, 0.2) is 5.44 Å². The molecule has 1 saturated carbocycles.